The number of anilines is 2. The second-order valence-electron chi connectivity index (χ2n) is 6.39. The van der Waals surface area contributed by atoms with Gasteiger partial charge in [-0.2, -0.15) is 0 Å². The van der Waals surface area contributed by atoms with Crippen molar-refractivity contribution >= 4 is 29.2 Å². The van der Waals surface area contributed by atoms with Crippen molar-refractivity contribution in [3.63, 3.8) is 0 Å². The quantitative estimate of drug-likeness (QED) is 0.830. The second kappa shape index (κ2) is 7.83. The lowest BCUT2D eigenvalue weighted by molar-refractivity contribution is 0.208. The van der Waals surface area contributed by atoms with E-state index in [9.17, 15) is 4.79 Å². The molecule has 1 heterocycles. The van der Waals surface area contributed by atoms with Crippen molar-refractivity contribution < 1.29 is 4.79 Å². The molecule has 0 radical (unpaired) electrons. The van der Waals surface area contributed by atoms with Crippen LogP contribution in [0.1, 0.15) is 11.1 Å². The molecular formula is C20H25N3OS. The number of para-hydroxylation sites is 1. The molecule has 2 aromatic carbocycles. The Balaban J connectivity index is 1.62. The van der Waals surface area contributed by atoms with Gasteiger partial charge in [-0.25, -0.2) is 4.79 Å². The summed E-state index contributed by atoms with van der Waals surface area (Å²) in [6, 6.07) is 14.6. The van der Waals surface area contributed by atoms with Crippen LogP contribution in [0.15, 0.2) is 47.4 Å². The fourth-order valence-electron chi connectivity index (χ4n) is 3.11. The van der Waals surface area contributed by atoms with Gasteiger partial charge >= 0.3 is 6.03 Å². The average Bonchev–Trinajstić information content (AvgIpc) is 2.64. The summed E-state index contributed by atoms with van der Waals surface area (Å²) in [5, 5.41) is 3.06. The van der Waals surface area contributed by atoms with Gasteiger partial charge < -0.3 is 15.1 Å². The van der Waals surface area contributed by atoms with Gasteiger partial charge in [0.15, 0.2) is 0 Å². The minimum atomic E-state index is -0.00787. The van der Waals surface area contributed by atoms with Gasteiger partial charge in [0.25, 0.3) is 0 Å². The van der Waals surface area contributed by atoms with Crippen molar-refractivity contribution in [3.8, 4) is 0 Å². The van der Waals surface area contributed by atoms with E-state index < -0.39 is 0 Å². The molecular weight excluding hydrogens is 330 g/mol. The molecule has 1 N–H and O–H groups in total. The van der Waals surface area contributed by atoms with Crippen LogP contribution in [0.5, 0.6) is 0 Å². The van der Waals surface area contributed by atoms with Crippen molar-refractivity contribution in [3.05, 3.63) is 53.6 Å². The number of thioether (sulfide) groups is 1. The molecule has 0 saturated carbocycles. The largest absolute Gasteiger partial charge is 0.367 e. The van der Waals surface area contributed by atoms with Crippen LogP contribution in [-0.4, -0.2) is 43.4 Å². The molecule has 1 aliphatic heterocycles. The minimum absolute atomic E-state index is 0.00787. The van der Waals surface area contributed by atoms with Crippen LogP contribution in [0, 0.1) is 13.8 Å². The summed E-state index contributed by atoms with van der Waals surface area (Å²) in [6.45, 7) is 7.25. The molecule has 5 heteroatoms. The van der Waals surface area contributed by atoms with Gasteiger partial charge in [-0.15, -0.1) is 11.8 Å². The number of carbonyl (C=O) groups is 1. The smallest absolute Gasteiger partial charge is 0.321 e. The first-order valence-electron chi connectivity index (χ1n) is 8.59. The zero-order valence-electron chi connectivity index (χ0n) is 15.1. The topological polar surface area (TPSA) is 35.6 Å². The van der Waals surface area contributed by atoms with E-state index in [-0.39, 0.29) is 6.03 Å². The molecule has 2 aromatic rings. The van der Waals surface area contributed by atoms with Crippen LogP contribution in [0.2, 0.25) is 0 Å². The highest BCUT2D eigenvalue weighted by molar-refractivity contribution is 7.98. The number of benzene rings is 2. The van der Waals surface area contributed by atoms with E-state index in [0.29, 0.717) is 0 Å². The predicted molar refractivity (Wildman–Crippen MR) is 107 cm³/mol. The van der Waals surface area contributed by atoms with Crippen molar-refractivity contribution in [2.24, 2.45) is 0 Å². The monoisotopic (exact) mass is 355 g/mol. The molecule has 4 nitrogen and oxygen atoms in total. The molecule has 132 valence electrons. The molecule has 0 atom stereocenters. The number of rotatable bonds is 3. The van der Waals surface area contributed by atoms with Crippen LogP contribution in [0.25, 0.3) is 0 Å². The molecule has 0 unspecified atom stereocenters. The van der Waals surface area contributed by atoms with Crippen LogP contribution in [0.4, 0.5) is 16.2 Å². The van der Waals surface area contributed by atoms with E-state index in [1.54, 1.807) is 11.8 Å². The van der Waals surface area contributed by atoms with Gasteiger partial charge in [-0.1, -0.05) is 24.3 Å². The summed E-state index contributed by atoms with van der Waals surface area (Å²) < 4.78 is 0. The summed E-state index contributed by atoms with van der Waals surface area (Å²) in [5.41, 5.74) is 4.41. The zero-order valence-corrected chi connectivity index (χ0v) is 15.9. The Morgan fingerprint density at radius 2 is 1.76 bits per heavy atom. The molecule has 1 saturated heterocycles. The number of hydrogen-bond acceptors (Lipinski definition) is 3. The Kier molecular flexibility index (Phi) is 5.53. The van der Waals surface area contributed by atoms with Gasteiger partial charge in [0.1, 0.15) is 0 Å². The van der Waals surface area contributed by atoms with E-state index in [1.807, 2.05) is 30.9 Å². The van der Waals surface area contributed by atoms with Crippen LogP contribution < -0.4 is 10.2 Å². The van der Waals surface area contributed by atoms with Crippen molar-refractivity contribution in [1.29, 1.82) is 0 Å². The van der Waals surface area contributed by atoms with Crippen molar-refractivity contribution in [2.75, 3.05) is 42.7 Å². The molecule has 0 aromatic heterocycles. The van der Waals surface area contributed by atoms with Gasteiger partial charge in [-0.05, 0) is 49.4 Å². The van der Waals surface area contributed by atoms with E-state index in [2.05, 4.69) is 46.8 Å². The first-order valence-corrected chi connectivity index (χ1v) is 9.82. The number of carbonyl (C=O) groups excluding carboxylic acids is 1. The fourth-order valence-corrected chi connectivity index (χ4v) is 3.73. The maximum Gasteiger partial charge on any atom is 0.321 e. The van der Waals surface area contributed by atoms with Crippen LogP contribution in [0.3, 0.4) is 0 Å². The highest BCUT2D eigenvalue weighted by Crippen LogP contribution is 2.29. The summed E-state index contributed by atoms with van der Waals surface area (Å²) in [5.74, 6) is 0. The van der Waals surface area contributed by atoms with Gasteiger partial charge in [-0.3, -0.25) is 0 Å². The summed E-state index contributed by atoms with van der Waals surface area (Å²) in [7, 11) is 0. The summed E-state index contributed by atoms with van der Waals surface area (Å²) in [4.78, 5) is 18.1. The number of nitrogens with zero attached hydrogens (tertiary/aromatic N) is 2. The van der Waals surface area contributed by atoms with Gasteiger partial charge in [0, 0.05) is 36.8 Å². The highest BCUT2D eigenvalue weighted by atomic mass is 32.2. The first kappa shape index (κ1) is 17.7. The number of nitrogens with one attached hydrogen (secondary N) is 1. The van der Waals surface area contributed by atoms with Crippen LogP contribution in [-0.2, 0) is 0 Å². The third-order valence-corrected chi connectivity index (χ3v) is 5.41. The fraction of sp³-hybridized carbons (Fsp3) is 0.350. The standard InChI is InChI=1S/C20H25N3OS/c1-15-8-9-16(2)17(14-15)21-20(24)23-12-10-22(11-13-23)18-6-4-5-7-19(18)25-3/h4-9,14H,10-13H2,1-3H3,(H,21,24). The van der Waals surface area contributed by atoms with E-state index in [4.69, 9.17) is 0 Å². The Labute approximate surface area is 154 Å². The Morgan fingerprint density at radius 3 is 2.48 bits per heavy atom. The number of hydrogen-bond donors (Lipinski definition) is 1. The maximum absolute atomic E-state index is 12.6. The third kappa shape index (κ3) is 4.10. The normalized spacial score (nSPS) is 14.5. The molecule has 0 bridgehead atoms. The Bertz CT molecular complexity index is 754. The lowest BCUT2D eigenvalue weighted by Crippen LogP contribution is -2.50. The molecule has 1 fully saturated rings. The number of piperazine rings is 1. The third-order valence-electron chi connectivity index (χ3n) is 4.63. The van der Waals surface area contributed by atoms with Crippen molar-refractivity contribution in [2.45, 2.75) is 18.7 Å². The maximum atomic E-state index is 12.6. The van der Waals surface area contributed by atoms with Crippen molar-refractivity contribution in [1.82, 2.24) is 4.90 Å². The Hall–Kier alpha value is -2.14. The molecule has 0 spiro atoms. The zero-order chi connectivity index (χ0) is 17.8. The van der Waals surface area contributed by atoms with E-state index in [1.165, 1.54) is 10.6 Å². The predicted octanol–water partition coefficient (Wildman–Crippen LogP) is 4.38. The lowest BCUT2D eigenvalue weighted by atomic mass is 10.1. The molecule has 2 amide bonds. The summed E-state index contributed by atoms with van der Waals surface area (Å²) in [6.07, 6.45) is 2.10. The Morgan fingerprint density at radius 1 is 1.04 bits per heavy atom. The molecule has 1 aliphatic rings. The summed E-state index contributed by atoms with van der Waals surface area (Å²) >= 11 is 1.77. The van der Waals surface area contributed by atoms with E-state index in [0.717, 1.165) is 43.0 Å². The average molecular weight is 356 g/mol. The molecule has 3 rings (SSSR count). The number of aryl methyl sites for hydroxylation is 2. The minimum Gasteiger partial charge on any atom is -0.367 e. The SMILES string of the molecule is CSc1ccccc1N1CCN(C(=O)Nc2cc(C)ccc2C)CC1. The molecule has 0 aliphatic carbocycles. The lowest BCUT2D eigenvalue weighted by Gasteiger charge is -2.36. The second-order valence-corrected chi connectivity index (χ2v) is 7.24. The molecule has 25 heavy (non-hydrogen) atoms. The number of amides is 2. The highest BCUT2D eigenvalue weighted by Gasteiger charge is 2.22. The van der Waals surface area contributed by atoms with Crippen LogP contribution >= 0.6 is 11.8 Å². The first-order chi connectivity index (χ1) is 12.1. The van der Waals surface area contributed by atoms with Gasteiger partial charge in [0.05, 0.1) is 5.69 Å². The van der Waals surface area contributed by atoms with Gasteiger partial charge in [0.2, 0.25) is 0 Å². The number of urea groups is 1. The van der Waals surface area contributed by atoms with E-state index >= 15 is 0 Å².